The average molecular weight is 731 g/mol. The lowest BCUT2D eigenvalue weighted by Crippen LogP contribution is -2.61. The van der Waals surface area contributed by atoms with Crippen molar-refractivity contribution in [2.45, 2.75) is 38.0 Å². The van der Waals surface area contributed by atoms with Crippen LogP contribution >= 0.6 is 0 Å². The molecule has 3 heteroatoms. The zero-order valence-electron chi connectivity index (χ0n) is 32.1. The zero-order valence-corrected chi connectivity index (χ0v) is 32.1. The SMILES string of the molecule is c1ccc(-c2ccc(-c3ccc(N4c5ccccc5B5c6cc(C7CCCCC7)ccc6N(c6ccccc6)c6cc(-c7ccccc7)cc4c65)cc3)cc2)cc1. The van der Waals surface area contributed by atoms with Crippen molar-refractivity contribution in [3.8, 4) is 33.4 Å². The maximum atomic E-state index is 2.59. The van der Waals surface area contributed by atoms with Gasteiger partial charge in [-0.3, -0.25) is 0 Å². The Bertz CT molecular complexity index is 2700. The van der Waals surface area contributed by atoms with E-state index in [1.54, 1.807) is 0 Å². The molecule has 1 fully saturated rings. The number of anilines is 6. The summed E-state index contributed by atoms with van der Waals surface area (Å²) in [5.74, 6) is 0.624. The summed E-state index contributed by atoms with van der Waals surface area (Å²) in [6.07, 6.45) is 6.58. The normalized spacial score (nSPS) is 14.5. The van der Waals surface area contributed by atoms with Gasteiger partial charge >= 0.3 is 0 Å². The lowest BCUT2D eigenvalue weighted by atomic mass is 9.33. The highest BCUT2D eigenvalue weighted by atomic mass is 15.2. The smallest absolute Gasteiger partial charge is 0.252 e. The van der Waals surface area contributed by atoms with Crippen LogP contribution in [0.5, 0.6) is 0 Å². The van der Waals surface area contributed by atoms with Crippen LogP contribution < -0.4 is 26.2 Å². The summed E-state index contributed by atoms with van der Waals surface area (Å²) in [5.41, 5.74) is 20.3. The second-order valence-electron chi connectivity index (χ2n) is 15.9. The minimum Gasteiger partial charge on any atom is -0.311 e. The lowest BCUT2D eigenvalue weighted by Gasteiger charge is -2.44. The summed E-state index contributed by atoms with van der Waals surface area (Å²) < 4.78 is 0. The molecular formula is C54H43BN2. The maximum absolute atomic E-state index is 2.59. The fourth-order valence-corrected chi connectivity index (χ4v) is 9.88. The molecule has 0 unspecified atom stereocenters. The molecule has 0 atom stereocenters. The van der Waals surface area contributed by atoms with Crippen molar-refractivity contribution in [3.05, 3.63) is 200 Å². The van der Waals surface area contributed by atoms with E-state index in [2.05, 4.69) is 204 Å². The fraction of sp³-hybridized carbons (Fsp3) is 0.111. The van der Waals surface area contributed by atoms with Gasteiger partial charge in [-0.25, -0.2) is 0 Å². The molecule has 0 N–H and O–H groups in total. The Morgan fingerprint density at radius 1 is 0.351 bits per heavy atom. The van der Waals surface area contributed by atoms with Crippen molar-refractivity contribution in [2.75, 3.05) is 9.80 Å². The van der Waals surface area contributed by atoms with Gasteiger partial charge in [-0.2, -0.15) is 0 Å². The summed E-state index contributed by atoms with van der Waals surface area (Å²) in [4.78, 5) is 5.06. The van der Waals surface area contributed by atoms with Crippen molar-refractivity contribution in [1.82, 2.24) is 0 Å². The zero-order chi connectivity index (χ0) is 37.7. The molecule has 57 heavy (non-hydrogen) atoms. The van der Waals surface area contributed by atoms with Crippen molar-refractivity contribution in [3.63, 3.8) is 0 Å². The molecule has 1 saturated carbocycles. The van der Waals surface area contributed by atoms with Crippen LogP contribution in [0.15, 0.2) is 194 Å². The van der Waals surface area contributed by atoms with Gasteiger partial charge in [0.2, 0.25) is 0 Å². The summed E-state index contributed by atoms with van der Waals surface area (Å²) >= 11 is 0. The second-order valence-corrected chi connectivity index (χ2v) is 15.9. The van der Waals surface area contributed by atoms with E-state index in [9.17, 15) is 0 Å². The average Bonchev–Trinajstić information content (AvgIpc) is 3.30. The van der Waals surface area contributed by atoms with Crippen molar-refractivity contribution >= 4 is 57.2 Å². The summed E-state index contributed by atoms with van der Waals surface area (Å²) in [5, 5.41) is 0. The van der Waals surface area contributed by atoms with Gasteiger partial charge in [0, 0.05) is 34.1 Å². The molecule has 2 heterocycles. The summed E-state index contributed by atoms with van der Waals surface area (Å²) in [7, 11) is 0. The van der Waals surface area contributed by atoms with Crippen LogP contribution in [0.25, 0.3) is 33.4 Å². The van der Waals surface area contributed by atoms with E-state index < -0.39 is 0 Å². The molecule has 3 aliphatic rings. The molecule has 0 aromatic heterocycles. The molecule has 0 bridgehead atoms. The second kappa shape index (κ2) is 14.2. The van der Waals surface area contributed by atoms with Gasteiger partial charge in [-0.05, 0) is 123 Å². The van der Waals surface area contributed by atoms with Crippen LogP contribution in [-0.2, 0) is 0 Å². The standard InChI is InChI=1S/C54H43BN2/c1-5-15-38(16-6-1)41-25-27-42(28-26-41)43-29-32-47(33-30-43)57-50-24-14-13-23-48(50)55-49-35-44(39-17-7-2-8-18-39)31-34-51(49)56(46-21-11-4-12-22-46)52-36-45(37-53(57)54(52)55)40-19-9-3-10-20-40/h1,3-6,9-16,19-37,39H,2,7-8,17-18H2. The predicted octanol–water partition coefficient (Wildman–Crippen LogP) is 12.8. The van der Waals surface area contributed by atoms with Crippen LogP contribution in [-0.4, -0.2) is 6.71 Å². The first-order chi connectivity index (χ1) is 28.3. The van der Waals surface area contributed by atoms with E-state index in [-0.39, 0.29) is 6.71 Å². The van der Waals surface area contributed by atoms with E-state index in [1.807, 2.05) is 0 Å². The molecule has 8 aromatic carbocycles. The Labute approximate surface area is 336 Å². The number of nitrogens with zero attached hydrogens (tertiary/aromatic N) is 2. The van der Waals surface area contributed by atoms with Crippen molar-refractivity contribution in [2.24, 2.45) is 0 Å². The van der Waals surface area contributed by atoms with Crippen LogP contribution in [0.1, 0.15) is 43.6 Å². The molecule has 1 aliphatic carbocycles. The Morgan fingerprint density at radius 3 is 1.44 bits per heavy atom. The third-order valence-electron chi connectivity index (χ3n) is 12.6. The summed E-state index contributed by atoms with van der Waals surface area (Å²) in [6.45, 7) is 0.105. The molecular weight excluding hydrogens is 687 g/mol. The fourth-order valence-electron chi connectivity index (χ4n) is 9.88. The van der Waals surface area contributed by atoms with Gasteiger partial charge in [-0.1, -0.05) is 165 Å². The molecule has 0 saturated heterocycles. The van der Waals surface area contributed by atoms with Crippen molar-refractivity contribution in [1.29, 1.82) is 0 Å². The lowest BCUT2D eigenvalue weighted by molar-refractivity contribution is 0.444. The van der Waals surface area contributed by atoms with Gasteiger partial charge in [0.25, 0.3) is 6.71 Å². The van der Waals surface area contributed by atoms with Gasteiger partial charge in [0.15, 0.2) is 0 Å². The third-order valence-corrected chi connectivity index (χ3v) is 12.6. The first-order valence-corrected chi connectivity index (χ1v) is 20.7. The van der Waals surface area contributed by atoms with Crippen LogP contribution in [0.4, 0.5) is 34.1 Å². The Kier molecular flexibility index (Phi) is 8.39. The Balaban J connectivity index is 1.10. The van der Waals surface area contributed by atoms with Gasteiger partial charge in [-0.15, -0.1) is 0 Å². The molecule has 0 spiro atoms. The van der Waals surface area contributed by atoms with E-state index in [0.29, 0.717) is 5.92 Å². The molecule has 11 rings (SSSR count). The first kappa shape index (κ1) is 33.7. The largest absolute Gasteiger partial charge is 0.311 e. The number of hydrogen-bond donors (Lipinski definition) is 0. The highest BCUT2D eigenvalue weighted by Crippen LogP contribution is 2.47. The molecule has 272 valence electrons. The van der Waals surface area contributed by atoms with E-state index in [0.717, 1.165) is 5.69 Å². The third kappa shape index (κ3) is 5.89. The van der Waals surface area contributed by atoms with Crippen LogP contribution in [0.3, 0.4) is 0 Å². The quantitative estimate of drug-likeness (QED) is 0.157. The van der Waals surface area contributed by atoms with Crippen LogP contribution in [0, 0.1) is 0 Å². The highest BCUT2D eigenvalue weighted by Gasteiger charge is 2.43. The number of hydrogen-bond acceptors (Lipinski definition) is 2. The van der Waals surface area contributed by atoms with Gasteiger partial charge < -0.3 is 9.80 Å². The molecule has 0 amide bonds. The minimum absolute atomic E-state index is 0.105. The number of para-hydroxylation sites is 2. The van der Waals surface area contributed by atoms with E-state index >= 15 is 0 Å². The monoisotopic (exact) mass is 730 g/mol. The molecule has 8 aromatic rings. The first-order valence-electron chi connectivity index (χ1n) is 20.7. The predicted molar refractivity (Wildman–Crippen MR) is 243 cm³/mol. The Hall–Kier alpha value is -6.58. The molecule has 2 aliphatic heterocycles. The van der Waals surface area contributed by atoms with Crippen molar-refractivity contribution < 1.29 is 0 Å². The number of rotatable bonds is 6. The van der Waals surface area contributed by atoms with E-state index in [1.165, 1.54) is 116 Å². The van der Waals surface area contributed by atoms with Crippen LogP contribution in [0.2, 0.25) is 0 Å². The molecule has 2 nitrogen and oxygen atoms in total. The number of benzene rings is 8. The summed E-state index contributed by atoms with van der Waals surface area (Å²) in [6, 6.07) is 72.2. The topological polar surface area (TPSA) is 6.48 Å². The van der Waals surface area contributed by atoms with E-state index in [4.69, 9.17) is 0 Å². The minimum atomic E-state index is 0.105. The maximum Gasteiger partial charge on any atom is 0.252 e. The number of fused-ring (bicyclic) bond motifs is 4. The Morgan fingerprint density at radius 2 is 0.825 bits per heavy atom. The highest BCUT2D eigenvalue weighted by molar-refractivity contribution is 7.00. The van der Waals surface area contributed by atoms with Gasteiger partial charge in [0.05, 0.1) is 0 Å². The molecule has 0 radical (unpaired) electrons. The van der Waals surface area contributed by atoms with Gasteiger partial charge in [0.1, 0.15) is 0 Å².